The molecule has 0 spiro atoms. The van der Waals surface area contributed by atoms with Crippen LogP contribution in [-0.2, 0) is 19.6 Å². The number of carbonyl (C=O) groups excluding carboxylic acids is 2. The second-order valence-corrected chi connectivity index (χ2v) is 6.91. The van der Waals surface area contributed by atoms with Gasteiger partial charge in [0.05, 0.1) is 18.6 Å². The molecule has 0 fully saturated rings. The number of methoxy groups -OCH3 is 1. The molecule has 2 aromatic rings. The fourth-order valence-corrected chi connectivity index (χ4v) is 3.13. The Morgan fingerprint density at radius 3 is 2.23 bits per heavy atom. The number of nitrogens with one attached hydrogen (secondary N) is 2. The van der Waals surface area contributed by atoms with Crippen LogP contribution >= 0.6 is 0 Å². The molecule has 0 saturated carbocycles. The highest BCUT2D eigenvalue weighted by Crippen LogP contribution is 2.16. The van der Waals surface area contributed by atoms with Gasteiger partial charge in [-0.1, -0.05) is 18.2 Å². The highest BCUT2D eigenvalue weighted by atomic mass is 32.2. The number of esters is 1. The lowest BCUT2D eigenvalue weighted by Gasteiger charge is -2.14. The number of rotatable bonds is 7. The number of hydrogen-bond donors (Lipinski definition) is 3. The van der Waals surface area contributed by atoms with Crippen molar-refractivity contribution in [2.45, 2.75) is 10.9 Å². The van der Waals surface area contributed by atoms with Gasteiger partial charge in [-0.05, 0) is 36.4 Å². The van der Waals surface area contributed by atoms with Crippen molar-refractivity contribution in [3.63, 3.8) is 0 Å². The number of aliphatic hydroxyl groups excluding tert-OH is 1. The van der Waals surface area contributed by atoms with E-state index in [0.717, 1.165) is 7.11 Å². The normalized spacial score (nSPS) is 12.1. The molecule has 0 bridgehead atoms. The van der Waals surface area contributed by atoms with Crippen LogP contribution < -0.4 is 10.0 Å². The molecule has 0 saturated heterocycles. The number of carbonyl (C=O) groups is 2. The molecular formula is C17H18N2O6S. The molecule has 3 N–H and O–H groups in total. The molecule has 0 aliphatic carbocycles. The van der Waals surface area contributed by atoms with Crippen LogP contribution in [0.15, 0.2) is 59.5 Å². The molecular weight excluding hydrogens is 360 g/mol. The molecule has 9 heteroatoms. The minimum atomic E-state index is -3.80. The molecule has 2 rings (SSSR count). The van der Waals surface area contributed by atoms with Gasteiger partial charge in [0.15, 0.2) is 6.04 Å². The average Bonchev–Trinajstić information content (AvgIpc) is 2.65. The molecule has 1 amide bonds. The first-order chi connectivity index (χ1) is 12.4. The lowest BCUT2D eigenvalue weighted by atomic mass is 10.2. The summed E-state index contributed by atoms with van der Waals surface area (Å²) >= 11 is 0. The Kier molecular flexibility index (Phi) is 6.31. The third-order valence-corrected chi connectivity index (χ3v) is 4.82. The van der Waals surface area contributed by atoms with Crippen molar-refractivity contribution in [1.29, 1.82) is 0 Å². The van der Waals surface area contributed by atoms with Crippen LogP contribution in [0.1, 0.15) is 10.4 Å². The zero-order valence-electron chi connectivity index (χ0n) is 13.9. The van der Waals surface area contributed by atoms with Gasteiger partial charge in [-0.3, -0.25) is 9.52 Å². The van der Waals surface area contributed by atoms with Crippen molar-refractivity contribution in [2.75, 3.05) is 18.4 Å². The van der Waals surface area contributed by atoms with E-state index in [-0.39, 0.29) is 10.5 Å². The van der Waals surface area contributed by atoms with Gasteiger partial charge in [0, 0.05) is 11.3 Å². The topological polar surface area (TPSA) is 122 Å². The number of ether oxygens (including phenoxy) is 1. The van der Waals surface area contributed by atoms with Gasteiger partial charge < -0.3 is 15.2 Å². The maximum absolute atomic E-state index is 12.3. The van der Waals surface area contributed by atoms with Gasteiger partial charge in [0.25, 0.3) is 15.9 Å². The standard InChI is InChI=1S/C17H18N2O6S/c1-25-17(22)15(11-20)18-16(21)12-7-9-14(10-8-12)26(23,24)19-13-5-3-2-4-6-13/h2-10,15,19-20H,11H2,1H3,(H,18,21)/t15-/m0/s1. The van der Waals surface area contributed by atoms with E-state index < -0.39 is 34.5 Å². The second-order valence-electron chi connectivity index (χ2n) is 5.23. The summed E-state index contributed by atoms with van der Waals surface area (Å²) in [5.41, 5.74) is 0.546. The first-order valence-electron chi connectivity index (χ1n) is 7.55. The van der Waals surface area contributed by atoms with Crippen LogP contribution in [0.5, 0.6) is 0 Å². The van der Waals surface area contributed by atoms with Crippen LogP contribution in [-0.4, -0.2) is 45.2 Å². The molecule has 26 heavy (non-hydrogen) atoms. The summed E-state index contributed by atoms with van der Waals surface area (Å²) in [6, 6.07) is 12.3. The summed E-state index contributed by atoms with van der Waals surface area (Å²) in [6.45, 7) is -0.619. The highest BCUT2D eigenvalue weighted by molar-refractivity contribution is 7.92. The first kappa shape index (κ1) is 19.4. The van der Waals surface area contributed by atoms with Crippen LogP contribution in [0.25, 0.3) is 0 Å². The van der Waals surface area contributed by atoms with Crippen molar-refractivity contribution in [3.05, 3.63) is 60.2 Å². The predicted octanol–water partition coefficient (Wildman–Crippen LogP) is 0.751. The maximum atomic E-state index is 12.3. The van der Waals surface area contributed by atoms with Crippen LogP contribution in [0.2, 0.25) is 0 Å². The molecule has 2 aromatic carbocycles. The second kappa shape index (κ2) is 8.45. The van der Waals surface area contributed by atoms with E-state index in [1.807, 2.05) is 0 Å². The fourth-order valence-electron chi connectivity index (χ4n) is 2.07. The number of amides is 1. The molecule has 0 radical (unpaired) electrons. The van der Waals surface area contributed by atoms with Gasteiger partial charge in [-0.15, -0.1) is 0 Å². The number of aliphatic hydroxyl groups is 1. The molecule has 1 atom stereocenters. The minimum Gasteiger partial charge on any atom is -0.467 e. The minimum absolute atomic E-state index is 0.0235. The lowest BCUT2D eigenvalue weighted by Crippen LogP contribution is -2.44. The number of anilines is 1. The predicted molar refractivity (Wildman–Crippen MR) is 94.0 cm³/mol. The zero-order valence-corrected chi connectivity index (χ0v) is 14.7. The Morgan fingerprint density at radius 2 is 1.69 bits per heavy atom. The van der Waals surface area contributed by atoms with Crippen molar-refractivity contribution < 1.29 is 27.9 Å². The van der Waals surface area contributed by atoms with Gasteiger partial charge in [-0.2, -0.15) is 0 Å². The number of sulfonamides is 1. The van der Waals surface area contributed by atoms with E-state index in [0.29, 0.717) is 5.69 Å². The summed E-state index contributed by atoms with van der Waals surface area (Å²) in [4.78, 5) is 23.5. The van der Waals surface area contributed by atoms with Crippen LogP contribution in [0.4, 0.5) is 5.69 Å². The summed E-state index contributed by atoms with van der Waals surface area (Å²) in [5, 5.41) is 11.4. The van der Waals surface area contributed by atoms with Crippen molar-refractivity contribution in [2.24, 2.45) is 0 Å². The third-order valence-electron chi connectivity index (χ3n) is 3.43. The lowest BCUT2D eigenvalue weighted by molar-refractivity contribution is -0.143. The monoisotopic (exact) mass is 378 g/mol. The Morgan fingerprint density at radius 1 is 1.08 bits per heavy atom. The van der Waals surface area contributed by atoms with E-state index >= 15 is 0 Å². The molecule has 0 heterocycles. The van der Waals surface area contributed by atoms with E-state index in [1.165, 1.54) is 24.3 Å². The quantitative estimate of drug-likeness (QED) is 0.611. The molecule has 0 aromatic heterocycles. The SMILES string of the molecule is COC(=O)[C@H](CO)NC(=O)c1ccc(S(=O)(=O)Nc2ccccc2)cc1. The number of hydrogen-bond acceptors (Lipinski definition) is 6. The highest BCUT2D eigenvalue weighted by Gasteiger charge is 2.21. The molecule has 0 unspecified atom stereocenters. The molecule has 0 aliphatic heterocycles. The van der Waals surface area contributed by atoms with Crippen molar-refractivity contribution in [1.82, 2.24) is 5.32 Å². The number of benzene rings is 2. The van der Waals surface area contributed by atoms with E-state index in [2.05, 4.69) is 14.8 Å². The average molecular weight is 378 g/mol. The van der Waals surface area contributed by atoms with Crippen LogP contribution in [0.3, 0.4) is 0 Å². The van der Waals surface area contributed by atoms with E-state index in [4.69, 9.17) is 5.11 Å². The molecule has 0 aliphatic rings. The maximum Gasteiger partial charge on any atom is 0.330 e. The largest absolute Gasteiger partial charge is 0.467 e. The zero-order chi connectivity index (χ0) is 19.2. The van der Waals surface area contributed by atoms with E-state index in [1.54, 1.807) is 30.3 Å². The van der Waals surface area contributed by atoms with Crippen molar-refractivity contribution >= 4 is 27.6 Å². The Balaban J connectivity index is 2.12. The molecule has 138 valence electrons. The van der Waals surface area contributed by atoms with Gasteiger partial charge in [0.2, 0.25) is 0 Å². The summed E-state index contributed by atoms with van der Waals surface area (Å²) in [6.07, 6.45) is 0. The number of para-hydroxylation sites is 1. The van der Waals surface area contributed by atoms with E-state index in [9.17, 15) is 18.0 Å². The third kappa shape index (κ3) is 4.80. The Labute approximate surface area is 150 Å². The van der Waals surface area contributed by atoms with Gasteiger partial charge in [0.1, 0.15) is 0 Å². The Hall–Kier alpha value is -2.91. The van der Waals surface area contributed by atoms with Gasteiger partial charge in [-0.25, -0.2) is 13.2 Å². The van der Waals surface area contributed by atoms with Crippen LogP contribution in [0, 0.1) is 0 Å². The first-order valence-corrected chi connectivity index (χ1v) is 9.03. The summed E-state index contributed by atoms with van der Waals surface area (Å²) in [5.74, 6) is -1.43. The van der Waals surface area contributed by atoms with Crippen molar-refractivity contribution in [3.8, 4) is 0 Å². The molecule has 8 nitrogen and oxygen atoms in total. The Bertz CT molecular complexity index is 866. The summed E-state index contributed by atoms with van der Waals surface area (Å²) < 4.78 is 31.5. The van der Waals surface area contributed by atoms with Gasteiger partial charge >= 0.3 is 5.97 Å². The fraction of sp³-hybridized carbons (Fsp3) is 0.176. The summed E-state index contributed by atoms with van der Waals surface area (Å²) in [7, 11) is -2.66. The smallest absolute Gasteiger partial charge is 0.330 e.